The van der Waals surface area contributed by atoms with Gasteiger partial charge >= 0.3 is 5.97 Å². The van der Waals surface area contributed by atoms with E-state index in [-0.39, 0.29) is 19.6 Å². The largest absolute Gasteiger partial charge is 0.464 e. The third kappa shape index (κ3) is 5.49. The fraction of sp³-hybridized carbons (Fsp3) is 0.619. The summed E-state index contributed by atoms with van der Waals surface area (Å²) in [6.07, 6.45) is 7.69. The number of halogens is 5. The molecule has 1 atom stereocenters. The number of hydrogen-bond donors (Lipinski definition) is 0. The summed E-state index contributed by atoms with van der Waals surface area (Å²) in [5.74, 6) is -13.3. The number of amides is 1. The highest BCUT2D eigenvalue weighted by atomic mass is 19.2. The van der Waals surface area contributed by atoms with Crippen molar-refractivity contribution in [2.24, 2.45) is 0 Å². The van der Waals surface area contributed by atoms with Crippen LogP contribution in [-0.4, -0.2) is 36.0 Å². The van der Waals surface area contributed by atoms with E-state index in [4.69, 9.17) is 4.74 Å². The molecule has 0 bridgehead atoms. The van der Waals surface area contributed by atoms with Gasteiger partial charge in [0.05, 0.1) is 6.61 Å². The summed E-state index contributed by atoms with van der Waals surface area (Å²) in [5.41, 5.74) is -1.56. The van der Waals surface area contributed by atoms with Gasteiger partial charge in [-0.2, -0.15) is 0 Å². The summed E-state index contributed by atoms with van der Waals surface area (Å²) in [6.45, 7) is 2.23. The van der Waals surface area contributed by atoms with Gasteiger partial charge in [-0.3, -0.25) is 4.79 Å². The predicted octanol–water partition coefficient (Wildman–Crippen LogP) is 5.28. The zero-order chi connectivity index (χ0) is 22.3. The minimum atomic E-state index is -2.34. The van der Waals surface area contributed by atoms with Crippen molar-refractivity contribution in [2.45, 2.75) is 70.8 Å². The van der Waals surface area contributed by atoms with Gasteiger partial charge in [-0.05, 0) is 19.3 Å². The summed E-state index contributed by atoms with van der Waals surface area (Å²) >= 11 is 0. The van der Waals surface area contributed by atoms with Gasteiger partial charge in [0.1, 0.15) is 11.6 Å². The number of carbonyl (C=O) groups is 2. The van der Waals surface area contributed by atoms with Gasteiger partial charge in [-0.15, -0.1) is 0 Å². The van der Waals surface area contributed by atoms with Crippen molar-refractivity contribution in [3.05, 3.63) is 34.6 Å². The van der Waals surface area contributed by atoms with Gasteiger partial charge in [0.25, 0.3) is 5.91 Å². The highest BCUT2D eigenvalue weighted by molar-refractivity contribution is 5.97. The Hall–Kier alpha value is -2.19. The molecule has 30 heavy (non-hydrogen) atoms. The quantitative estimate of drug-likeness (QED) is 0.165. The Bertz CT molecular complexity index is 742. The first kappa shape index (κ1) is 24.1. The van der Waals surface area contributed by atoms with Crippen molar-refractivity contribution in [2.75, 3.05) is 13.2 Å². The van der Waals surface area contributed by atoms with Crippen LogP contribution < -0.4 is 0 Å². The minimum absolute atomic E-state index is 0.0461. The van der Waals surface area contributed by atoms with Crippen LogP contribution in [0.25, 0.3) is 0 Å². The van der Waals surface area contributed by atoms with Crippen LogP contribution in [0, 0.1) is 29.1 Å². The zero-order valence-corrected chi connectivity index (χ0v) is 16.9. The molecule has 1 unspecified atom stereocenters. The fourth-order valence-corrected chi connectivity index (χ4v) is 3.52. The van der Waals surface area contributed by atoms with Crippen molar-refractivity contribution in [1.29, 1.82) is 0 Å². The molecular weight excluding hydrogens is 409 g/mol. The molecule has 168 valence electrons. The van der Waals surface area contributed by atoms with E-state index in [0.717, 1.165) is 37.0 Å². The van der Waals surface area contributed by atoms with Crippen LogP contribution in [0.15, 0.2) is 0 Å². The maximum Gasteiger partial charge on any atom is 0.328 e. The Morgan fingerprint density at radius 2 is 1.40 bits per heavy atom. The van der Waals surface area contributed by atoms with Crippen LogP contribution in [0.5, 0.6) is 0 Å². The van der Waals surface area contributed by atoms with Crippen LogP contribution in [0.2, 0.25) is 0 Å². The average molecular weight is 435 g/mol. The molecule has 1 aliphatic rings. The molecule has 0 radical (unpaired) electrons. The van der Waals surface area contributed by atoms with E-state index in [9.17, 15) is 31.5 Å². The molecule has 9 heteroatoms. The van der Waals surface area contributed by atoms with Crippen molar-refractivity contribution in [1.82, 2.24) is 4.90 Å². The minimum Gasteiger partial charge on any atom is -0.464 e. The van der Waals surface area contributed by atoms with E-state index >= 15 is 0 Å². The molecule has 4 nitrogen and oxygen atoms in total. The maximum absolute atomic E-state index is 13.9. The number of unbranched alkanes of at least 4 members (excludes halogenated alkanes) is 6. The molecule has 1 amide bonds. The monoisotopic (exact) mass is 435 g/mol. The van der Waals surface area contributed by atoms with Crippen molar-refractivity contribution < 1.29 is 36.3 Å². The van der Waals surface area contributed by atoms with Crippen molar-refractivity contribution in [3.63, 3.8) is 0 Å². The SMILES string of the molecule is CCCCCCCCCOC(=O)C1CCCN1C(=O)c1c(F)c(F)c(F)c(F)c1F. The molecular formula is C21H26F5NO3. The molecule has 1 heterocycles. The van der Waals surface area contributed by atoms with E-state index in [2.05, 4.69) is 6.92 Å². The smallest absolute Gasteiger partial charge is 0.328 e. The standard InChI is InChI=1S/C21H26F5NO3/c1-2-3-4-5-6-7-8-12-30-21(29)13-10-9-11-27(13)20(28)14-15(22)17(24)19(26)18(25)16(14)23/h13H,2-12H2,1H3. The summed E-state index contributed by atoms with van der Waals surface area (Å²) < 4.78 is 73.1. The van der Waals surface area contributed by atoms with Gasteiger partial charge in [-0.1, -0.05) is 45.4 Å². The van der Waals surface area contributed by atoms with Crippen LogP contribution in [0.1, 0.15) is 75.1 Å². The second-order valence-electron chi connectivity index (χ2n) is 7.39. The summed E-state index contributed by atoms with van der Waals surface area (Å²) in [5, 5.41) is 0. The van der Waals surface area contributed by atoms with E-state index in [1.165, 1.54) is 6.42 Å². The van der Waals surface area contributed by atoms with Crippen molar-refractivity contribution >= 4 is 11.9 Å². The molecule has 1 aliphatic heterocycles. The topological polar surface area (TPSA) is 46.6 Å². The number of ether oxygens (including phenoxy) is 1. The number of carbonyl (C=O) groups excluding carboxylic acids is 2. The number of nitrogens with zero attached hydrogens (tertiary/aromatic N) is 1. The number of benzene rings is 1. The van der Waals surface area contributed by atoms with E-state index in [0.29, 0.717) is 12.8 Å². The van der Waals surface area contributed by atoms with Crippen molar-refractivity contribution in [3.8, 4) is 0 Å². The highest BCUT2D eigenvalue weighted by Gasteiger charge is 2.39. The van der Waals surface area contributed by atoms with E-state index < -0.39 is 52.6 Å². The summed E-state index contributed by atoms with van der Waals surface area (Å²) in [4.78, 5) is 25.6. The molecule has 0 N–H and O–H groups in total. The van der Waals surface area contributed by atoms with E-state index in [1.807, 2.05) is 0 Å². The first-order chi connectivity index (χ1) is 14.3. The molecule has 1 fully saturated rings. The lowest BCUT2D eigenvalue weighted by Gasteiger charge is -2.24. The molecule has 1 aromatic carbocycles. The Morgan fingerprint density at radius 3 is 2.00 bits per heavy atom. The Morgan fingerprint density at radius 1 is 0.867 bits per heavy atom. The lowest BCUT2D eigenvalue weighted by Crippen LogP contribution is -2.42. The molecule has 1 saturated heterocycles. The molecule has 2 rings (SSSR count). The third-order valence-corrected chi connectivity index (χ3v) is 5.20. The number of rotatable bonds is 10. The van der Waals surface area contributed by atoms with Crippen LogP contribution in [-0.2, 0) is 9.53 Å². The van der Waals surface area contributed by atoms with Crippen LogP contribution in [0.4, 0.5) is 22.0 Å². The van der Waals surface area contributed by atoms with E-state index in [1.54, 1.807) is 0 Å². The first-order valence-electron chi connectivity index (χ1n) is 10.3. The van der Waals surface area contributed by atoms with Gasteiger partial charge in [0.15, 0.2) is 23.3 Å². The third-order valence-electron chi connectivity index (χ3n) is 5.20. The van der Waals surface area contributed by atoms with Crippen LogP contribution >= 0.6 is 0 Å². The molecule has 0 aliphatic carbocycles. The Labute approximate surface area is 172 Å². The predicted molar refractivity (Wildman–Crippen MR) is 99.2 cm³/mol. The lowest BCUT2D eigenvalue weighted by atomic mass is 10.1. The fourth-order valence-electron chi connectivity index (χ4n) is 3.52. The number of likely N-dealkylation sites (tertiary alicyclic amines) is 1. The number of esters is 1. The number of hydrogen-bond acceptors (Lipinski definition) is 3. The Balaban J connectivity index is 1.96. The summed E-state index contributed by atoms with van der Waals surface area (Å²) in [7, 11) is 0. The normalized spacial score (nSPS) is 16.2. The van der Waals surface area contributed by atoms with Crippen LogP contribution in [0.3, 0.4) is 0 Å². The van der Waals surface area contributed by atoms with Gasteiger partial charge < -0.3 is 9.64 Å². The lowest BCUT2D eigenvalue weighted by molar-refractivity contribution is -0.148. The molecule has 0 aromatic heterocycles. The van der Waals surface area contributed by atoms with Gasteiger partial charge in [0.2, 0.25) is 5.82 Å². The van der Waals surface area contributed by atoms with Gasteiger partial charge in [0, 0.05) is 6.54 Å². The Kier molecular flexibility index (Phi) is 9.05. The second kappa shape index (κ2) is 11.3. The zero-order valence-electron chi connectivity index (χ0n) is 16.9. The van der Waals surface area contributed by atoms with Gasteiger partial charge in [-0.25, -0.2) is 26.7 Å². The summed E-state index contributed by atoms with van der Waals surface area (Å²) in [6, 6.07) is -1.11. The molecule has 0 spiro atoms. The maximum atomic E-state index is 13.9. The highest BCUT2D eigenvalue weighted by Crippen LogP contribution is 2.28. The molecule has 0 saturated carbocycles. The molecule has 1 aromatic rings. The average Bonchev–Trinajstić information content (AvgIpc) is 3.22. The second-order valence-corrected chi connectivity index (χ2v) is 7.39. The first-order valence-corrected chi connectivity index (χ1v) is 10.3.